The summed E-state index contributed by atoms with van der Waals surface area (Å²) in [6.07, 6.45) is 1.67. The summed E-state index contributed by atoms with van der Waals surface area (Å²) in [5, 5.41) is 2.93. The summed E-state index contributed by atoms with van der Waals surface area (Å²) in [5.41, 5.74) is 3.41. The van der Waals surface area contributed by atoms with Gasteiger partial charge in [0, 0.05) is 17.9 Å². The SMILES string of the molecule is O=C(NCCSCc1ccco1)c1ccc2ncsc2c1. The number of hydrogen-bond donors (Lipinski definition) is 1. The molecule has 2 heterocycles. The normalized spacial score (nSPS) is 10.9. The zero-order valence-electron chi connectivity index (χ0n) is 11.2. The highest BCUT2D eigenvalue weighted by molar-refractivity contribution is 7.98. The summed E-state index contributed by atoms with van der Waals surface area (Å²) in [4.78, 5) is 16.3. The van der Waals surface area contributed by atoms with Gasteiger partial charge >= 0.3 is 0 Å². The van der Waals surface area contributed by atoms with E-state index in [0.717, 1.165) is 27.5 Å². The fourth-order valence-corrected chi connectivity index (χ4v) is 3.38. The predicted octanol–water partition coefficient (Wildman–Crippen LogP) is 3.55. The number of fused-ring (bicyclic) bond motifs is 1. The molecule has 21 heavy (non-hydrogen) atoms. The van der Waals surface area contributed by atoms with Crippen LogP contribution in [0.1, 0.15) is 16.1 Å². The summed E-state index contributed by atoms with van der Waals surface area (Å²) < 4.78 is 6.29. The smallest absolute Gasteiger partial charge is 0.251 e. The van der Waals surface area contributed by atoms with Gasteiger partial charge in [-0.1, -0.05) is 0 Å². The van der Waals surface area contributed by atoms with E-state index in [-0.39, 0.29) is 5.91 Å². The first kappa shape index (κ1) is 14.2. The van der Waals surface area contributed by atoms with Gasteiger partial charge in [-0.2, -0.15) is 11.8 Å². The number of thioether (sulfide) groups is 1. The average molecular weight is 318 g/mol. The predicted molar refractivity (Wildman–Crippen MR) is 86.8 cm³/mol. The van der Waals surface area contributed by atoms with Crippen molar-refractivity contribution in [1.29, 1.82) is 0 Å². The van der Waals surface area contributed by atoms with Crippen molar-refractivity contribution >= 4 is 39.2 Å². The number of hydrogen-bond acceptors (Lipinski definition) is 5. The fraction of sp³-hybridized carbons (Fsp3) is 0.200. The van der Waals surface area contributed by atoms with E-state index in [1.54, 1.807) is 34.9 Å². The molecule has 0 bridgehead atoms. The minimum absolute atomic E-state index is 0.0381. The van der Waals surface area contributed by atoms with Gasteiger partial charge in [0.1, 0.15) is 5.76 Å². The van der Waals surface area contributed by atoms with Crippen LogP contribution in [0.5, 0.6) is 0 Å². The monoisotopic (exact) mass is 318 g/mol. The Morgan fingerprint density at radius 3 is 3.19 bits per heavy atom. The topological polar surface area (TPSA) is 55.1 Å². The lowest BCUT2D eigenvalue weighted by molar-refractivity contribution is 0.0956. The Kier molecular flexibility index (Phi) is 4.57. The Bertz CT molecular complexity index is 722. The van der Waals surface area contributed by atoms with E-state index in [4.69, 9.17) is 4.42 Å². The number of aromatic nitrogens is 1. The maximum Gasteiger partial charge on any atom is 0.251 e. The van der Waals surface area contributed by atoms with Crippen LogP contribution in [0.3, 0.4) is 0 Å². The molecule has 1 N–H and O–H groups in total. The third kappa shape index (κ3) is 3.65. The van der Waals surface area contributed by atoms with Crippen LogP contribution in [-0.4, -0.2) is 23.2 Å². The van der Waals surface area contributed by atoms with Crippen LogP contribution in [0, 0.1) is 0 Å². The maximum absolute atomic E-state index is 12.0. The highest BCUT2D eigenvalue weighted by atomic mass is 32.2. The molecule has 0 atom stereocenters. The van der Waals surface area contributed by atoms with Gasteiger partial charge in [0.25, 0.3) is 5.91 Å². The Labute approximate surface area is 130 Å². The number of nitrogens with one attached hydrogen (secondary N) is 1. The lowest BCUT2D eigenvalue weighted by Gasteiger charge is -2.04. The number of benzene rings is 1. The van der Waals surface area contributed by atoms with E-state index in [1.807, 2.05) is 30.3 Å². The molecule has 3 rings (SSSR count). The number of carbonyl (C=O) groups excluding carboxylic acids is 1. The van der Waals surface area contributed by atoms with Crippen molar-refractivity contribution in [2.45, 2.75) is 5.75 Å². The molecule has 0 saturated heterocycles. The highest BCUT2D eigenvalue weighted by Gasteiger charge is 2.07. The molecule has 0 unspecified atom stereocenters. The van der Waals surface area contributed by atoms with Gasteiger partial charge in [0.2, 0.25) is 0 Å². The molecule has 0 saturated carbocycles. The number of amides is 1. The van der Waals surface area contributed by atoms with Crippen LogP contribution in [0.25, 0.3) is 10.2 Å². The first-order valence-corrected chi connectivity index (χ1v) is 8.58. The van der Waals surface area contributed by atoms with E-state index in [2.05, 4.69) is 10.3 Å². The molecule has 0 aliphatic carbocycles. The van der Waals surface area contributed by atoms with E-state index in [9.17, 15) is 4.79 Å². The van der Waals surface area contributed by atoms with Crippen molar-refractivity contribution in [3.05, 3.63) is 53.4 Å². The Morgan fingerprint density at radius 1 is 1.38 bits per heavy atom. The fourth-order valence-electron chi connectivity index (χ4n) is 1.90. The Balaban J connectivity index is 1.45. The van der Waals surface area contributed by atoms with Crippen molar-refractivity contribution in [3.63, 3.8) is 0 Å². The largest absolute Gasteiger partial charge is 0.468 e. The molecule has 3 aromatic rings. The second-order valence-electron chi connectivity index (χ2n) is 4.42. The number of nitrogens with zero attached hydrogens (tertiary/aromatic N) is 1. The van der Waals surface area contributed by atoms with Gasteiger partial charge in [-0.15, -0.1) is 11.3 Å². The molecule has 0 aliphatic heterocycles. The lowest BCUT2D eigenvalue weighted by atomic mass is 10.2. The van der Waals surface area contributed by atoms with E-state index in [0.29, 0.717) is 12.1 Å². The molecule has 2 aromatic heterocycles. The van der Waals surface area contributed by atoms with E-state index in [1.165, 1.54) is 0 Å². The second kappa shape index (κ2) is 6.78. The standard InChI is InChI=1S/C15H14N2O2S2/c18-15(11-3-4-13-14(8-11)21-10-17-13)16-5-7-20-9-12-2-1-6-19-12/h1-4,6,8,10H,5,7,9H2,(H,16,18). The van der Waals surface area contributed by atoms with Crippen LogP contribution < -0.4 is 5.32 Å². The molecular formula is C15H14N2O2S2. The summed E-state index contributed by atoms with van der Waals surface area (Å²) in [6, 6.07) is 9.42. The van der Waals surface area contributed by atoms with Crippen molar-refractivity contribution in [2.24, 2.45) is 0 Å². The third-order valence-corrected chi connectivity index (χ3v) is 4.72. The van der Waals surface area contributed by atoms with Crippen molar-refractivity contribution in [1.82, 2.24) is 10.3 Å². The molecule has 0 aliphatic rings. The molecule has 0 radical (unpaired) electrons. The van der Waals surface area contributed by atoms with Crippen molar-refractivity contribution in [3.8, 4) is 0 Å². The van der Waals surface area contributed by atoms with Crippen LogP contribution in [0.15, 0.2) is 46.5 Å². The van der Waals surface area contributed by atoms with Gasteiger partial charge in [0.05, 0.1) is 27.7 Å². The number of rotatable bonds is 6. The minimum atomic E-state index is -0.0381. The molecule has 0 spiro atoms. The van der Waals surface area contributed by atoms with E-state index < -0.39 is 0 Å². The van der Waals surface area contributed by atoms with Crippen LogP contribution in [0.4, 0.5) is 0 Å². The number of carbonyl (C=O) groups is 1. The number of furan rings is 1. The molecule has 1 amide bonds. The minimum Gasteiger partial charge on any atom is -0.468 e. The third-order valence-electron chi connectivity index (χ3n) is 2.95. The second-order valence-corrected chi connectivity index (χ2v) is 6.41. The van der Waals surface area contributed by atoms with Crippen LogP contribution in [-0.2, 0) is 5.75 Å². The van der Waals surface area contributed by atoms with Gasteiger partial charge < -0.3 is 9.73 Å². The van der Waals surface area contributed by atoms with Gasteiger partial charge in [0.15, 0.2) is 0 Å². The van der Waals surface area contributed by atoms with Crippen LogP contribution in [0.2, 0.25) is 0 Å². The average Bonchev–Trinajstić information content (AvgIpc) is 3.17. The van der Waals surface area contributed by atoms with Crippen LogP contribution >= 0.6 is 23.1 Å². The Hall–Kier alpha value is -1.79. The quantitative estimate of drug-likeness (QED) is 0.706. The molecule has 0 fully saturated rings. The zero-order chi connectivity index (χ0) is 14.5. The van der Waals surface area contributed by atoms with E-state index >= 15 is 0 Å². The van der Waals surface area contributed by atoms with Crippen molar-refractivity contribution in [2.75, 3.05) is 12.3 Å². The maximum atomic E-state index is 12.0. The first-order valence-electron chi connectivity index (χ1n) is 6.54. The summed E-state index contributed by atoms with van der Waals surface area (Å²) in [7, 11) is 0. The molecule has 1 aromatic carbocycles. The summed E-state index contributed by atoms with van der Waals surface area (Å²) >= 11 is 3.28. The Morgan fingerprint density at radius 2 is 2.33 bits per heavy atom. The zero-order valence-corrected chi connectivity index (χ0v) is 12.9. The molecule has 4 nitrogen and oxygen atoms in total. The van der Waals surface area contributed by atoms with Gasteiger partial charge in [-0.3, -0.25) is 4.79 Å². The summed E-state index contributed by atoms with van der Waals surface area (Å²) in [6.45, 7) is 0.644. The first-order chi connectivity index (χ1) is 10.3. The number of thiazole rings is 1. The summed E-state index contributed by atoms with van der Waals surface area (Å²) in [5.74, 6) is 2.61. The lowest BCUT2D eigenvalue weighted by Crippen LogP contribution is -2.25. The van der Waals surface area contributed by atoms with Gasteiger partial charge in [-0.05, 0) is 30.3 Å². The highest BCUT2D eigenvalue weighted by Crippen LogP contribution is 2.19. The molecular weight excluding hydrogens is 304 g/mol. The van der Waals surface area contributed by atoms with Crippen molar-refractivity contribution < 1.29 is 9.21 Å². The molecule has 6 heteroatoms. The molecule has 108 valence electrons. The van der Waals surface area contributed by atoms with Gasteiger partial charge in [-0.25, -0.2) is 4.98 Å².